The number of carbonyl (C=O) groups is 1. The smallest absolute Gasteiger partial charge is 0.423 e. The Morgan fingerprint density at radius 1 is 1.50 bits per heavy atom. The summed E-state index contributed by atoms with van der Waals surface area (Å²) in [6.07, 6.45) is 0. The van der Waals surface area contributed by atoms with Crippen LogP contribution in [-0.4, -0.2) is 23.1 Å². The van der Waals surface area contributed by atoms with Gasteiger partial charge in [-0.05, 0) is 17.6 Å². The zero-order valence-corrected chi connectivity index (χ0v) is 7.07. The average Bonchev–Trinajstić information content (AvgIpc) is 2.16. The van der Waals surface area contributed by atoms with Crippen molar-refractivity contribution in [3.8, 4) is 0 Å². The molecule has 0 aliphatic heterocycles. The number of nitrogen functional groups attached to an aromatic ring is 1. The fourth-order valence-electron chi connectivity index (χ4n) is 0.954. The molecule has 14 heavy (non-hydrogen) atoms. The van der Waals surface area contributed by atoms with Crippen LogP contribution >= 0.6 is 0 Å². The van der Waals surface area contributed by atoms with Gasteiger partial charge in [-0.25, -0.2) is 10.2 Å². The van der Waals surface area contributed by atoms with Crippen molar-refractivity contribution in [3.05, 3.63) is 29.6 Å². The van der Waals surface area contributed by atoms with Crippen molar-refractivity contribution in [2.24, 2.45) is 5.84 Å². The molecule has 0 atom stereocenters. The van der Waals surface area contributed by atoms with Crippen LogP contribution in [0.15, 0.2) is 18.2 Å². The average molecular weight is 198 g/mol. The minimum atomic E-state index is -1.76. The molecule has 0 fully saturated rings. The lowest BCUT2D eigenvalue weighted by Crippen LogP contribution is -2.33. The van der Waals surface area contributed by atoms with Crippen LogP contribution in [-0.2, 0) is 0 Å². The van der Waals surface area contributed by atoms with Crippen LogP contribution in [0.4, 0.5) is 4.39 Å². The first kappa shape index (κ1) is 10.6. The highest BCUT2D eigenvalue weighted by molar-refractivity contribution is 6.58. The fraction of sp³-hybridized carbons (Fsp3) is 0. The Morgan fingerprint density at radius 3 is 2.57 bits per heavy atom. The number of hydrazine groups is 1. The molecule has 0 heterocycles. The molecule has 5 N–H and O–H groups in total. The van der Waals surface area contributed by atoms with Gasteiger partial charge in [-0.15, -0.1) is 0 Å². The third-order valence-electron chi connectivity index (χ3n) is 1.67. The molecule has 0 aliphatic rings. The maximum atomic E-state index is 13.1. The molecule has 0 spiro atoms. The van der Waals surface area contributed by atoms with Crippen LogP contribution in [0.2, 0.25) is 0 Å². The van der Waals surface area contributed by atoms with Crippen LogP contribution in [0.1, 0.15) is 10.4 Å². The van der Waals surface area contributed by atoms with Gasteiger partial charge in [-0.1, -0.05) is 6.07 Å². The number of hydrogen-bond donors (Lipinski definition) is 4. The number of benzene rings is 1. The van der Waals surface area contributed by atoms with Crippen molar-refractivity contribution in [3.63, 3.8) is 0 Å². The van der Waals surface area contributed by atoms with E-state index >= 15 is 0 Å². The molecule has 0 aromatic heterocycles. The summed E-state index contributed by atoms with van der Waals surface area (Å²) >= 11 is 0. The lowest BCUT2D eigenvalue weighted by Gasteiger charge is -2.03. The molecule has 0 saturated heterocycles. The largest absolute Gasteiger partial charge is 0.488 e. The van der Waals surface area contributed by atoms with Crippen molar-refractivity contribution in [2.75, 3.05) is 0 Å². The monoisotopic (exact) mass is 198 g/mol. The molecule has 5 nitrogen and oxygen atoms in total. The van der Waals surface area contributed by atoms with Gasteiger partial charge in [-0.2, -0.15) is 0 Å². The van der Waals surface area contributed by atoms with Crippen LogP contribution in [0.5, 0.6) is 0 Å². The summed E-state index contributed by atoms with van der Waals surface area (Å²) in [7, 11) is -1.76. The first-order valence-corrected chi connectivity index (χ1v) is 3.72. The number of amides is 1. The Morgan fingerprint density at radius 2 is 2.14 bits per heavy atom. The number of nitrogens with two attached hydrogens (primary N) is 1. The summed E-state index contributed by atoms with van der Waals surface area (Å²) in [4.78, 5) is 10.9. The molecule has 0 bridgehead atoms. The predicted molar refractivity (Wildman–Crippen MR) is 47.9 cm³/mol. The lowest BCUT2D eigenvalue weighted by atomic mass is 9.80. The Labute approximate surface area is 79.5 Å². The standard InChI is InChI=1S/C7H8BFN2O3/c9-6-3-4(8(13)14)1-2-5(6)7(12)11-10/h1-3,13-14H,10H2,(H,11,12). The van der Waals surface area contributed by atoms with Crippen LogP contribution in [0.25, 0.3) is 0 Å². The highest BCUT2D eigenvalue weighted by Crippen LogP contribution is 2.04. The highest BCUT2D eigenvalue weighted by Gasteiger charge is 2.16. The summed E-state index contributed by atoms with van der Waals surface area (Å²) in [5, 5.41) is 17.4. The van der Waals surface area contributed by atoms with Gasteiger partial charge in [-0.3, -0.25) is 10.2 Å². The van der Waals surface area contributed by atoms with E-state index in [2.05, 4.69) is 0 Å². The van der Waals surface area contributed by atoms with Crippen molar-refractivity contribution < 1.29 is 19.2 Å². The molecule has 1 aromatic rings. The van der Waals surface area contributed by atoms with Gasteiger partial charge in [0.15, 0.2) is 0 Å². The van der Waals surface area contributed by atoms with E-state index in [9.17, 15) is 9.18 Å². The molecule has 7 heteroatoms. The van der Waals surface area contributed by atoms with Crippen molar-refractivity contribution in [1.29, 1.82) is 0 Å². The fourth-order valence-corrected chi connectivity index (χ4v) is 0.954. The van der Waals surface area contributed by atoms with Crippen molar-refractivity contribution >= 4 is 18.5 Å². The van der Waals surface area contributed by atoms with Gasteiger partial charge in [0, 0.05) is 0 Å². The molecule has 0 unspecified atom stereocenters. The van der Waals surface area contributed by atoms with Crippen molar-refractivity contribution in [2.45, 2.75) is 0 Å². The van der Waals surface area contributed by atoms with Gasteiger partial charge < -0.3 is 10.0 Å². The predicted octanol–water partition coefficient (Wildman–Crippen LogP) is -1.89. The molecule has 0 saturated carbocycles. The maximum absolute atomic E-state index is 13.1. The Hall–Kier alpha value is -1.44. The van der Waals surface area contributed by atoms with Gasteiger partial charge in [0.25, 0.3) is 5.91 Å². The van der Waals surface area contributed by atoms with E-state index in [0.717, 1.165) is 12.1 Å². The topological polar surface area (TPSA) is 95.6 Å². The van der Waals surface area contributed by atoms with Crippen molar-refractivity contribution in [1.82, 2.24) is 5.43 Å². The maximum Gasteiger partial charge on any atom is 0.488 e. The van der Waals surface area contributed by atoms with Gasteiger partial charge in [0.05, 0.1) is 5.56 Å². The second kappa shape index (κ2) is 4.18. The van der Waals surface area contributed by atoms with Gasteiger partial charge in [0.2, 0.25) is 0 Å². The van der Waals surface area contributed by atoms with E-state index in [1.807, 2.05) is 0 Å². The SMILES string of the molecule is NNC(=O)c1ccc(B(O)O)cc1F. The number of nitrogens with one attached hydrogen (secondary N) is 1. The van der Waals surface area contributed by atoms with Gasteiger partial charge >= 0.3 is 7.12 Å². The molecule has 0 aliphatic carbocycles. The molecule has 1 amide bonds. The Bertz CT molecular complexity index is 359. The first-order chi connectivity index (χ1) is 6.56. The van der Waals surface area contributed by atoms with E-state index in [1.165, 1.54) is 6.07 Å². The normalized spacial score (nSPS) is 9.71. The summed E-state index contributed by atoms with van der Waals surface area (Å²) in [5.74, 6) is 3.17. The number of halogens is 1. The van der Waals surface area contributed by atoms with E-state index < -0.39 is 18.8 Å². The quantitative estimate of drug-likeness (QED) is 0.193. The molecular formula is C7H8BFN2O3. The molecule has 1 aromatic carbocycles. The second-order valence-electron chi connectivity index (χ2n) is 2.59. The molecule has 0 radical (unpaired) electrons. The zero-order valence-electron chi connectivity index (χ0n) is 7.07. The molecular weight excluding hydrogens is 190 g/mol. The van der Waals surface area contributed by atoms with Crippen LogP contribution in [0, 0.1) is 5.82 Å². The zero-order chi connectivity index (χ0) is 10.7. The Balaban J connectivity index is 3.07. The summed E-state index contributed by atoms with van der Waals surface area (Å²) in [6.45, 7) is 0. The molecule has 1 rings (SSSR count). The van der Waals surface area contributed by atoms with Crippen LogP contribution < -0.4 is 16.7 Å². The minimum Gasteiger partial charge on any atom is -0.423 e. The van der Waals surface area contributed by atoms with E-state index in [1.54, 1.807) is 5.43 Å². The third kappa shape index (κ3) is 2.08. The summed E-state index contributed by atoms with van der Waals surface area (Å²) < 4.78 is 13.1. The second-order valence-corrected chi connectivity index (χ2v) is 2.59. The van der Waals surface area contributed by atoms with E-state index in [-0.39, 0.29) is 11.0 Å². The lowest BCUT2D eigenvalue weighted by molar-refractivity contribution is 0.0949. The summed E-state index contributed by atoms with van der Waals surface area (Å²) in [5.41, 5.74) is 1.48. The Kier molecular flexibility index (Phi) is 3.18. The summed E-state index contributed by atoms with van der Waals surface area (Å²) in [6, 6.07) is 3.19. The number of hydrogen-bond acceptors (Lipinski definition) is 4. The van der Waals surface area contributed by atoms with E-state index in [0.29, 0.717) is 0 Å². The minimum absolute atomic E-state index is 0.0314. The number of rotatable bonds is 2. The van der Waals surface area contributed by atoms with Gasteiger partial charge in [0.1, 0.15) is 5.82 Å². The van der Waals surface area contributed by atoms with E-state index in [4.69, 9.17) is 15.9 Å². The highest BCUT2D eigenvalue weighted by atomic mass is 19.1. The number of carbonyl (C=O) groups excluding carboxylic acids is 1. The van der Waals surface area contributed by atoms with Crippen LogP contribution in [0.3, 0.4) is 0 Å². The molecule has 74 valence electrons. The first-order valence-electron chi connectivity index (χ1n) is 3.72. The third-order valence-corrected chi connectivity index (χ3v) is 1.67.